The zero-order valence-corrected chi connectivity index (χ0v) is 7.99. The molecule has 3 nitrogen and oxygen atoms in total. The van der Waals surface area contributed by atoms with Gasteiger partial charge in [-0.3, -0.25) is 10.6 Å². The Morgan fingerprint density at radius 3 is 1.64 bits per heavy atom. The smallest absolute Gasteiger partial charge is 0.158 e. The van der Waals surface area contributed by atoms with Crippen LogP contribution < -0.4 is 11.3 Å². The van der Waals surface area contributed by atoms with Crippen LogP contribution >= 0.6 is 0 Å². The minimum absolute atomic E-state index is 0.118. The summed E-state index contributed by atoms with van der Waals surface area (Å²) in [5.41, 5.74) is 1.53. The molecular weight excluding hydrogens is 140 g/mol. The summed E-state index contributed by atoms with van der Waals surface area (Å²) in [4.78, 5) is 11.6. The summed E-state index contributed by atoms with van der Waals surface area (Å²) >= 11 is 0. The average Bonchev–Trinajstić information content (AvgIpc) is 1.84. The van der Waals surface area contributed by atoms with Gasteiger partial charge in [0.15, 0.2) is 5.78 Å². The molecule has 0 aromatic carbocycles. The molecule has 0 aliphatic carbocycles. The average molecular weight is 158 g/mol. The molecule has 0 heterocycles. The minimum atomic E-state index is -0.627. The van der Waals surface area contributed by atoms with Crippen LogP contribution in [0.4, 0.5) is 0 Å². The Bertz CT molecular complexity index is 156. The Hall–Kier alpha value is -0.410. The molecule has 0 radical (unpaired) electrons. The van der Waals surface area contributed by atoms with Gasteiger partial charge in [0.25, 0.3) is 0 Å². The highest BCUT2D eigenvalue weighted by atomic mass is 16.1. The van der Waals surface area contributed by atoms with Crippen LogP contribution in [0, 0.1) is 5.41 Å². The Balaban J connectivity index is 4.50. The van der Waals surface area contributed by atoms with E-state index in [1.54, 1.807) is 13.8 Å². The maximum absolute atomic E-state index is 11.6. The van der Waals surface area contributed by atoms with E-state index in [0.29, 0.717) is 0 Å². The summed E-state index contributed by atoms with van der Waals surface area (Å²) < 4.78 is 0. The van der Waals surface area contributed by atoms with E-state index < -0.39 is 5.54 Å². The zero-order chi connectivity index (χ0) is 9.28. The number of nitrogens with two attached hydrogens (primary N) is 1. The summed E-state index contributed by atoms with van der Waals surface area (Å²) in [5.74, 6) is 5.35. The van der Waals surface area contributed by atoms with E-state index in [1.165, 1.54) is 0 Å². The molecule has 0 amide bonds. The van der Waals surface area contributed by atoms with Crippen LogP contribution in [0.1, 0.15) is 34.6 Å². The molecule has 0 aromatic rings. The van der Waals surface area contributed by atoms with Gasteiger partial charge >= 0.3 is 0 Å². The molecule has 66 valence electrons. The number of carbonyl (C=O) groups is 1. The van der Waals surface area contributed by atoms with Gasteiger partial charge in [-0.05, 0) is 13.8 Å². The van der Waals surface area contributed by atoms with Crippen LogP contribution in [-0.4, -0.2) is 11.3 Å². The van der Waals surface area contributed by atoms with Crippen molar-refractivity contribution in [3.05, 3.63) is 0 Å². The van der Waals surface area contributed by atoms with Gasteiger partial charge in [0, 0.05) is 5.41 Å². The molecule has 0 atom stereocenters. The van der Waals surface area contributed by atoms with E-state index in [1.807, 2.05) is 20.8 Å². The molecule has 0 rings (SSSR count). The predicted octanol–water partition coefficient (Wildman–Crippen LogP) is 0.844. The molecular formula is C8H18N2O. The topological polar surface area (TPSA) is 55.1 Å². The molecule has 0 unspecified atom stereocenters. The number of carbonyl (C=O) groups excluding carboxylic acids is 1. The first kappa shape index (κ1) is 10.6. The van der Waals surface area contributed by atoms with Crippen molar-refractivity contribution in [3.63, 3.8) is 0 Å². The van der Waals surface area contributed by atoms with Crippen LogP contribution in [0.5, 0.6) is 0 Å². The monoisotopic (exact) mass is 158 g/mol. The fourth-order valence-electron chi connectivity index (χ4n) is 1.00. The van der Waals surface area contributed by atoms with Gasteiger partial charge in [-0.2, -0.15) is 0 Å². The maximum Gasteiger partial charge on any atom is 0.158 e. The molecule has 0 fully saturated rings. The second-order valence-corrected chi connectivity index (χ2v) is 4.35. The van der Waals surface area contributed by atoms with Crippen molar-refractivity contribution >= 4 is 5.78 Å². The largest absolute Gasteiger partial charge is 0.297 e. The fraction of sp³-hybridized carbons (Fsp3) is 0.875. The zero-order valence-electron chi connectivity index (χ0n) is 7.99. The van der Waals surface area contributed by atoms with Gasteiger partial charge in [-0.15, -0.1) is 0 Å². The Kier molecular flexibility index (Phi) is 2.80. The lowest BCUT2D eigenvalue weighted by Gasteiger charge is -2.29. The van der Waals surface area contributed by atoms with Crippen molar-refractivity contribution in [2.45, 2.75) is 40.2 Å². The molecule has 3 N–H and O–H groups in total. The molecule has 0 bridgehead atoms. The van der Waals surface area contributed by atoms with Crippen molar-refractivity contribution in [2.75, 3.05) is 0 Å². The summed E-state index contributed by atoms with van der Waals surface area (Å²) in [5, 5.41) is 0. The highest BCUT2D eigenvalue weighted by Crippen LogP contribution is 2.21. The standard InChI is InChI=1S/C8H18N2O/c1-7(2,3)6(11)8(4,5)10-9/h10H,9H2,1-5H3. The first-order chi connectivity index (χ1) is 4.72. The molecule has 0 aromatic heterocycles. The van der Waals surface area contributed by atoms with Crippen LogP contribution in [0.25, 0.3) is 0 Å². The lowest BCUT2D eigenvalue weighted by atomic mass is 9.80. The summed E-state index contributed by atoms with van der Waals surface area (Å²) in [6, 6.07) is 0. The first-order valence-electron chi connectivity index (χ1n) is 3.74. The van der Waals surface area contributed by atoms with Gasteiger partial charge in [0.05, 0.1) is 5.54 Å². The van der Waals surface area contributed by atoms with E-state index in [4.69, 9.17) is 5.84 Å². The van der Waals surface area contributed by atoms with E-state index in [9.17, 15) is 4.79 Å². The summed E-state index contributed by atoms with van der Waals surface area (Å²) in [7, 11) is 0. The van der Waals surface area contributed by atoms with Gasteiger partial charge < -0.3 is 0 Å². The number of hydrogen-bond donors (Lipinski definition) is 2. The number of hydrazine groups is 1. The lowest BCUT2D eigenvalue weighted by Crippen LogP contribution is -2.54. The van der Waals surface area contributed by atoms with Crippen molar-refractivity contribution < 1.29 is 4.79 Å². The molecule has 0 aliphatic heterocycles. The molecule has 0 saturated heterocycles. The third kappa shape index (κ3) is 2.60. The van der Waals surface area contributed by atoms with Crippen LogP contribution in [0.15, 0.2) is 0 Å². The number of nitrogens with one attached hydrogen (secondary N) is 1. The Morgan fingerprint density at radius 2 is 1.55 bits per heavy atom. The Labute approximate surface area is 68.3 Å². The summed E-state index contributed by atoms with van der Waals surface area (Å²) in [6.45, 7) is 9.21. The second-order valence-electron chi connectivity index (χ2n) is 4.35. The minimum Gasteiger partial charge on any atom is -0.297 e. The van der Waals surface area contributed by atoms with Gasteiger partial charge in [-0.1, -0.05) is 20.8 Å². The number of rotatable bonds is 2. The van der Waals surface area contributed by atoms with Crippen molar-refractivity contribution in [3.8, 4) is 0 Å². The molecule has 0 spiro atoms. The normalized spacial score (nSPS) is 13.3. The maximum atomic E-state index is 11.6. The van der Waals surface area contributed by atoms with E-state index >= 15 is 0 Å². The second kappa shape index (κ2) is 2.91. The van der Waals surface area contributed by atoms with Crippen LogP contribution in [0.3, 0.4) is 0 Å². The number of hydrogen-bond acceptors (Lipinski definition) is 3. The highest BCUT2D eigenvalue weighted by molar-refractivity contribution is 5.91. The number of Topliss-reactive ketones (excluding diaryl/α,β-unsaturated/α-hetero) is 1. The fourth-order valence-corrected chi connectivity index (χ4v) is 1.00. The van der Waals surface area contributed by atoms with E-state index in [-0.39, 0.29) is 11.2 Å². The summed E-state index contributed by atoms with van der Waals surface area (Å²) in [6.07, 6.45) is 0. The Morgan fingerprint density at radius 1 is 1.18 bits per heavy atom. The van der Waals surface area contributed by atoms with Gasteiger partial charge in [0.1, 0.15) is 0 Å². The first-order valence-corrected chi connectivity index (χ1v) is 3.74. The van der Waals surface area contributed by atoms with Gasteiger partial charge in [0.2, 0.25) is 0 Å². The third-order valence-electron chi connectivity index (χ3n) is 1.61. The van der Waals surface area contributed by atoms with E-state index in [2.05, 4.69) is 5.43 Å². The molecule has 0 saturated carbocycles. The number of ketones is 1. The van der Waals surface area contributed by atoms with Crippen molar-refractivity contribution in [1.29, 1.82) is 0 Å². The van der Waals surface area contributed by atoms with E-state index in [0.717, 1.165) is 0 Å². The molecule has 11 heavy (non-hydrogen) atoms. The predicted molar refractivity (Wildman–Crippen MR) is 45.9 cm³/mol. The lowest BCUT2D eigenvalue weighted by molar-refractivity contribution is -0.131. The van der Waals surface area contributed by atoms with Crippen LogP contribution in [0.2, 0.25) is 0 Å². The van der Waals surface area contributed by atoms with Crippen LogP contribution in [-0.2, 0) is 4.79 Å². The quantitative estimate of drug-likeness (QED) is 0.462. The molecule has 0 aliphatic rings. The van der Waals surface area contributed by atoms with Crippen molar-refractivity contribution in [2.24, 2.45) is 11.3 Å². The van der Waals surface area contributed by atoms with Gasteiger partial charge in [-0.25, -0.2) is 5.43 Å². The highest BCUT2D eigenvalue weighted by Gasteiger charge is 2.34. The third-order valence-corrected chi connectivity index (χ3v) is 1.61. The van der Waals surface area contributed by atoms with Crippen molar-refractivity contribution in [1.82, 2.24) is 5.43 Å². The molecule has 3 heteroatoms. The SMILES string of the molecule is CC(C)(C)C(=O)C(C)(C)NN.